The highest BCUT2D eigenvalue weighted by Gasteiger charge is 2.40. The van der Waals surface area contributed by atoms with Crippen LogP contribution < -0.4 is 5.32 Å². The van der Waals surface area contributed by atoms with Gasteiger partial charge in [0.1, 0.15) is 5.69 Å². The number of hydrogen-bond donors (Lipinski definition) is 2. The second-order valence-electron chi connectivity index (χ2n) is 4.98. The average Bonchev–Trinajstić information content (AvgIpc) is 2.89. The third-order valence-electron chi connectivity index (χ3n) is 3.80. The number of benzene rings is 1. The van der Waals surface area contributed by atoms with E-state index in [1.165, 1.54) is 0 Å². The molecular weight excluding hydrogens is 260 g/mol. The summed E-state index contributed by atoms with van der Waals surface area (Å²) in [6, 6.07) is 11.3. The van der Waals surface area contributed by atoms with Gasteiger partial charge in [0.2, 0.25) is 0 Å². The molecule has 3 rings (SSSR count). The van der Waals surface area contributed by atoms with Gasteiger partial charge in [-0.15, -0.1) is 0 Å². The van der Waals surface area contributed by atoms with Crippen LogP contribution in [0.2, 0.25) is 5.02 Å². The molecule has 0 bridgehead atoms. The molecule has 2 aromatic rings. The second kappa shape index (κ2) is 4.74. The fourth-order valence-corrected chi connectivity index (χ4v) is 2.67. The number of carbonyl (C=O) groups excluding carboxylic acids is 1. The van der Waals surface area contributed by atoms with Gasteiger partial charge in [0.05, 0.1) is 5.54 Å². The van der Waals surface area contributed by atoms with E-state index in [0.29, 0.717) is 10.7 Å². The maximum atomic E-state index is 12.2. The van der Waals surface area contributed by atoms with Crippen LogP contribution in [0.25, 0.3) is 0 Å². The lowest BCUT2D eigenvalue weighted by molar-refractivity contribution is 0.0819. The van der Waals surface area contributed by atoms with Gasteiger partial charge in [0, 0.05) is 11.2 Å². The number of halogens is 1. The van der Waals surface area contributed by atoms with Crippen molar-refractivity contribution in [3.63, 3.8) is 0 Å². The van der Waals surface area contributed by atoms with Crippen molar-refractivity contribution in [2.45, 2.75) is 24.8 Å². The topological polar surface area (TPSA) is 44.9 Å². The van der Waals surface area contributed by atoms with Crippen LogP contribution in [0.15, 0.2) is 42.6 Å². The van der Waals surface area contributed by atoms with E-state index in [2.05, 4.69) is 10.3 Å². The number of hydrogen-bond acceptors (Lipinski definition) is 1. The number of carbonyl (C=O) groups is 1. The molecular formula is C15H15ClN2O. The van der Waals surface area contributed by atoms with Crippen molar-refractivity contribution in [3.8, 4) is 0 Å². The number of aromatic amines is 1. The lowest BCUT2D eigenvalue weighted by Crippen LogP contribution is -2.50. The van der Waals surface area contributed by atoms with Crippen LogP contribution in [0, 0.1) is 0 Å². The number of amides is 1. The molecule has 1 aromatic heterocycles. The summed E-state index contributed by atoms with van der Waals surface area (Å²) in [5.41, 5.74) is 1.50. The minimum Gasteiger partial charge on any atom is -0.357 e. The zero-order valence-electron chi connectivity index (χ0n) is 10.4. The van der Waals surface area contributed by atoms with E-state index in [1.54, 1.807) is 12.3 Å². The van der Waals surface area contributed by atoms with Gasteiger partial charge in [0.25, 0.3) is 5.91 Å². The first-order valence-electron chi connectivity index (χ1n) is 6.42. The molecule has 1 saturated carbocycles. The van der Waals surface area contributed by atoms with Crippen molar-refractivity contribution in [1.29, 1.82) is 0 Å². The standard InChI is InChI=1S/C15H15ClN2O/c16-12-6-4-11(5-7-12)15(8-2-9-15)18-14(19)13-3-1-10-17-13/h1,3-7,10,17H,2,8-9H2,(H,18,19). The molecule has 2 N–H and O–H groups in total. The molecule has 1 amide bonds. The fraction of sp³-hybridized carbons (Fsp3) is 0.267. The first-order chi connectivity index (χ1) is 9.20. The van der Waals surface area contributed by atoms with Gasteiger partial charge in [0.15, 0.2) is 0 Å². The lowest BCUT2D eigenvalue weighted by Gasteiger charge is -2.43. The summed E-state index contributed by atoms with van der Waals surface area (Å²) < 4.78 is 0. The molecule has 1 aliphatic rings. The minimum atomic E-state index is -0.229. The van der Waals surface area contributed by atoms with Crippen LogP contribution in [0.3, 0.4) is 0 Å². The van der Waals surface area contributed by atoms with Gasteiger partial charge < -0.3 is 10.3 Å². The van der Waals surface area contributed by atoms with Gasteiger partial charge in [-0.25, -0.2) is 0 Å². The summed E-state index contributed by atoms with van der Waals surface area (Å²) >= 11 is 5.92. The fourth-order valence-electron chi connectivity index (χ4n) is 2.54. The molecule has 1 fully saturated rings. The lowest BCUT2D eigenvalue weighted by atomic mass is 9.71. The van der Waals surface area contributed by atoms with Crippen LogP contribution in [0.1, 0.15) is 35.3 Å². The van der Waals surface area contributed by atoms with E-state index >= 15 is 0 Å². The molecule has 0 spiro atoms. The maximum Gasteiger partial charge on any atom is 0.268 e. The molecule has 1 aliphatic carbocycles. The van der Waals surface area contributed by atoms with E-state index < -0.39 is 0 Å². The Kier molecular flexibility index (Phi) is 3.07. The molecule has 0 saturated heterocycles. The van der Waals surface area contributed by atoms with Gasteiger partial charge in [-0.3, -0.25) is 4.79 Å². The molecule has 0 aliphatic heterocycles. The molecule has 0 radical (unpaired) electrons. The first kappa shape index (κ1) is 12.3. The highest BCUT2D eigenvalue weighted by molar-refractivity contribution is 6.30. The molecule has 0 atom stereocenters. The zero-order chi connectivity index (χ0) is 13.3. The van der Waals surface area contributed by atoms with Gasteiger partial charge in [-0.05, 0) is 49.1 Å². The number of aromatic nitrogens is 1. The zero-order valence-corrected chi connectivity index (χ0v) is 11.2. The van der Waals surface area contributed by atoms with E-state index in [0.717, 1.165) is 24.8 Å². The van der Waals surface area contributed by atoms with Crippen LogP contribution in [0.4, 0.5) is 0 Å². The van der Waals surface area contributed by atoms with Crippen LogP contribution >= 0.6 is 11.6 Å². The Morgan fingerprint density at radius 1 is 1.21 bits per heavy atom. The third-order valence-corrected chi connectivity index (χ3v) is 4.05. The Bertz CT molecular complexity index is 571. The number of H-pyrrole nitrogens is 1. The Hall–Kier alpha value is -1.74. The van der Waals surface area contributed by atoms with Crippen molar-refractivity contribution in [1.82, 2.24) is 10.3 Å². The molecule has 3 nitrogen and oxygen atoms in total. The highest BCUT2D eigenvalue weighted by Crippen LogP contribution is 2.41. The maximum absolute atomic E-state index is 12.2. The predicted molar refractivity (Wildman–Crippen MR) is 75.2 cm³/mol. The summed E-state index contributed by atoms with van der Waals surface area (Å²) in [5.74, 6) is -0.0559. The summed E-state index contributed by atoms with van der Waals surface area (Å²) in [6.45, 7) is 0. The molecule has 1 heterocycles. The van der Waals surface area contributed by atoms with Crippen LogP contribution in [0.5, 0.6) is 0 Å². The van der Waals surface area contributed by atoms with E-state index in [9.17, 15) is 4.79 Å². The Labute approximate surface area is 117 Å². The van der Waals surface area contributed by atoms with Gasteiger partial charge in [-0.1, -0.05) is 23.7 Å². The Morgan fingerprint density at radius 2 is 1.95 bits per heavy atom. The molecule has 98 valence electrons. The van der Waals surface area contributed by atoms with Crippen molar-refractivity contribution in [2.75, 3.05) is 0 Å². The smallest absolute Gasteiger partial charge is 0.268 e. The average molecular weight is 275 g/mol. The monoisotopic (exact) mass is 274 g/mol. The summed E-state index contributed by atoms with van der Waals surface area (Å²) in [6.07, 6.45) is 4.83. The highest BCUT2D eigenvalue weighted by atomic mass is 35.5. The van der Waals surface area contributed by atoms with Crippen LogP contribution in [-0.2, 0) is 5.54 Å². The molecule has 0 unspecified atom stereocenters. The molecule has 4 heteroatoms. The Balaban J connectivity index is 1.83. The number of rotatable bonds is 3. The van der Waals surface area contributed by atoms with Crippen LogP contribution in [-0.4, -0.2) is 10.9 Å². The normalized spacial score (nSPS) is 16.7. The largest absolute Gasteiger partial charge is 0.357 e. The second-order valence-corrected chi connectivity index (χ2v) is 5.42. The van der Waals surface area contributed by atoms with E-state index in [4.69, 9.17) is 11.6 Å². The van der Waals surface area contributed by atoms with Gasteiger partial charge in [-0.2, -0.15) is 0 Å². The van der Waals surface area contributed by atoms with Crippen molar-refractivity contribution < 1.29 is 4.79 Å². The quantitative estimate of drug-likeness (QED) is 0.884. The Morgan fingerprint density at radius 3 is 2.47 bits per heavy atom. The number of nitrogens with one attached hydrogen (secondary N) is 2. The third kappa shape index (κ3) is 2.26. The van der Waals surface area contributed by atoms with E-state index in [-0.39, 0.29) is 11.4 Å². The minimum absolute atomic E-state index is 0.0559. The molecule has 19 heavy (non-hydrogen) atoms. The summed E-state index contributed by atoms with van der Waals surface area (Å²) in [7, 11) is 0. The molecule has 1 aromatic carbocycles. The first-order valence-corrected chi connectivity index (χ1v) is 6.79. The predicted octanol–water partition coefficient (Wildman–Crippen LogP) is 3.48. The van der Waals surface area contributed by atoms with Crippen molar-refractivity contribution in [2.24, 2.45) is 0 Å². The van der Waals surface area contributed by atoms with Crippen molar-refractivity contribution in [3.05, 3.63) is 58.9 Å². The summed E-state index contributed by atoms with van der Waals surface area (Å²) in [5, 5.41) is 3.87. The van der Waals surface area contributed by atoms with Crippen molar-refractivity contribution >= 4 is 17.5 Å². The van der Waals surface area contributed by atoms with Gasteiger partial charge >= 0.3 is 0 Å². The SMILES string of the molecule is O=C(NC1(c2ccc(Cl)cc2)CCC1)c1ccc[nH]1. The van der Waals surface area contributed by atoms with E-state index in [1.807, 2.05) is 30.3 Å². The summed E-state index contributed by atoms with van der Waals surface area (Å²) in [4.78, 5) is 15.1.